The summed E-state index contributed by atoms with van der Waals surface area (Å²) in [6, 6.07) is 7.84. The van der Waals surface area contributed by atoms with E-state index in [1.54, 1.807) is 29.4 Å². The van der Waals surface area contributed by atoms with Gasteiger partial charge in [0.1, 0.15) is 18.2 Å². The number of halogens is 1. The summed E-state index contributed by atoms with van der Waals surface area (Å²) in [5, 5.41) is 7.37. The fourth-order valence-electron chi connectivity index (χ4n) is 3.39. The third-order valence-electron chi connectivity index (χ3n) is 5.04. The number of carbonyl (C=O) groups excluding carboxylic acids is 1. The van der Waals surface area contributed by atoms with Gasteiger partial charge in [0.2, 0.25) is 5.95 Å². The standard InChI is InChI=1S/C21H23FN6O2/c1-27(2)21-23-10-15(11-24-21)20(29)28-8-7-14(12-28)19-9-17(25-26-19)13-30-18-5-3-16(22)4-6-18/h3-6,9-11,14H,7-8,12-13H2,1-2H3,(H,25,26). The second-order valence-corrected chi connectivity index (χ2v) is 7.46. The molecule has 1 unspecified atom stereocenters. The van der Waals surface area contributed by atoms with Gasteiger partial charge in [0, 0.05) is 45.5 Å². The summed E-state index contributed by atoms with van der Waals surface area (Å²) in [4.78, 5) is 24.8. The van der Waals surface area contributed by atoms with Crippen molar-refractivity contribution < 1.29 is 13.9 Å². The van der Waals surface area contributed by atoms with Crippen LogP contribution in [-0.4, -0.2) is 58.2 Å². The summed E-state index contributed by atoms with van der Waals surface area (Å²) in [7, 11) is 3.70. The molecule has 9 heteroatoms. The third kappa shape index (κ3) is 4.40. The molecule has 1 atom stereocenters. The lowest BCUT2D eigenvalue weighted by Gasteiger charge is -2.16. The maximum atomic E-state index is 13.0. The van der Waals surface area contributed by atoms with Crippen molar-refractivity contribution in [2.24, 2.45) is 0 Å². The molecule has 0 spiro atoms. The van der Waals surface area contributed by atoms with Crippen molar-refractivity contribution in [2.45, 2.75) is 18.9 Å². The van der Waals surface area contributed by atoms with Gasteiger partial charge in [0.05, 0.1) is 17.0 Å². The lowest BCUT2D eigenvalue weighted by Crippen LogP contribution is -2.29. The molecule has 1 saturated heterocycles. The Hall–Kier alpha value is -3.49. The number of ether oxygens (including phenoxy) is 1. The van der Waals surface area contributed by atoms with Crippen molar-refractivity contribution in [3.63, 3.8) is 0 Å². The molecule has 2 aromatic heterocycles. The Balaban J connectivity index is 1.34. The van der Waals surface area contributed by atoms with E-state index in [2.05, 4.69) is 20.2 Å². The largest absolute Gasteiger partial charge is 0.487 e. The molecule has 1 aromatic carbocycles. The lowest BCUT2D eigenvalue weighted by atomic mass is 10.1. The lowest BCUT2D eigenvalue weighted by molar-refractivity contribution is 0.0790. The summed E-state index contributed by atoms with van der Waals surface area (Å²) in [5.41, 5.74) is 2.21. The Morgan fingerprint density at radius 3 is 2.70 bits per heavy atom. The number of aromatic nitrogens is 4. The summed E-state index contributed by atoms with van der Waals surface area (Å²) in [6.45, 7) is 1.56. The van der Waals surface area contributed by atoms with Crippen molar-refractivity contribution in [3.8, 4) is 5.75 Å². The van der Waals surface area contributed by atoms with Crippen LogP contribution in [0.1, 0.15) is 34.1 Å². The van der Waals surface area contributed by atoms with E-state index < -0.39 is 0 Å². The molecule has 156 valence electrons. The monoisotopic (exact) mass is 410 g/mol. The SMILES string of the molecule is CN(C)c1ncc(C(=O)N2CCC(c3cc(COc4ccc(F)cc4)[nH]n3)C2)cn1. The summed E-state index contributed by atoms with van der Waals surface area (Å²) in [5.74, 6) is 0.946. The molecule has 0 radical (unpaired) electrons. The molecule has 3 heterocycles. The predicted octanol–water partition coefficient (Wildman–Crippen LogP) is 2.61. The highest BCUT2D eigenvalue weighted by molar-refractivity contribution is 5.94. The van der Waals surface area contributed by atoms with Crippen LogP contribution in [0, 0.1) is 5.82 Å². The van der Waals surface area contributed by atoms with E-state index in [4.69, 9.17) is 4.74 Å². The van der Waals surface area contributed by atoms with Gasteiger partial charge in [-0.3, -0.25) is 9.89 Å². The van der Waals surface area contributed by atoms with Crippen LogP contribution in [0.25, 0.3) is 0 Å². The number of anilines is 1. The first-order valence-electron chi connectivity index (χ1n) is 9.71. The molecule has 4 rings (SSSR count). The quantitative estimate of drug-likeness (QED) is 0.672. The molecule has 1 fully saturated rings. The first-order chi connectivity index (χ1) is 14.5. The Morgan fingerprint density at radius 1 is 1.27 bits per heavy atom. The number of nitrogens with one attached hydrogen (secondary N) is 1. The second kappa shape index (κ2) is 8.48. The molecule has 1 N–H and O–H groups in total. The van der Waals surface area contributed by atoms with Crippen molar-refractivity contribution in [2.75, 3.05) is 32.1 Å². The van der Waals surface area contributed by atoms with Crippen LogP contribution in [0.4, 0.5) is 10.3 Å². The van der Waals surface area contributed by atoms with E-state index in [1.165, 1.54) is 12.1 Å². The van der Waals surface area contributed by atoms with Gasteiger partial charge >= 0.3 is 0 Å². The maximum absolute atomic E-state index is 13.0. The number of nitrogens with zero attached hydrogens (tertiary/aromatic N) is 5. The summed E-state index contributed by atoms with van der Waals surface area (Å²) >= 11 is 0. The number of hydrogen-bond acceptors (Lipinski definition) is 6. The van der Waals surface area contributed by atoms with Crippen molar-refractivity contribution >= 4 is 11.9 Å². The minimum Gasteiger partial charge on any atom is -0.487 e. The fraction of sp³-hybridized carbons (Fsp3) is 0.333. The minimum atomic E-state index is -0.299. The number of H-pyrrole nitrogens is 1. The summed E-state index contributed by atoms with van der Waals surface area (Å²) in [6.07, 6.45) is 3.97. The molecule has 30 heavy (non-hydrogen) atoms. The number of amides is 1. The average Bonchev–Trinajstić information content (AvgIpc) is 3.42. The van der Waals surface area contributed by atoms with Crippen LogP contribution in [0.15, 0.2) is 42.7 Å². The van der Waals surface area contributed by atoms with Crippen molar-refractivity contribution in [3.05, 3.63) is 65.5 Å². The third-order valence-corrected chi connectivity index (χ3v) is 5.04. The van der Waals surface area contributed by atoms with Gasteiger partial charge in [0.25, 0.3) is 5.91 Å². The zero-order chi connectivity index (χ0) is 21.1. The smallest absolute Gasteiger partial charge is 0.257 e. The Morgan fingerprint density at radius 2 is 2.00 bits per heavy atom. The normalized spacial score (nSPS) is 16.0. The van der Waals surface area contributed by atoms with Crippen molar-refractivity contribution in [1.82, 2.24) is 25.1 Å². The maximum Gasteiger partial charge on any atom is 0.257 e. The Bertz CT molecular complexity index is 1000. The van der Waals surface area contributed by atoms with Gasteiger partial charge in [-0.2, -0.15) is 5.10 Å². The number of benzene rings is 1. The van der Waals surface area contributed by atoms with Crippen LogP contribution < -0.4 is 9.64 Å². The number of hydrogen-bond donors (Lipinski definition) is 1. The van der Waals surface area contributed by atoms with Crippen LogP contribution in [0.5, 0.6) is 5.75 Å². The highest BCUT2D eigenvalue weighted by atomic mass is 19.1. The number of rotatable bonds is 6. The topological polar surface area (TPSA) is 87.2 Å². The molecule has 0 bridgehead atoms. The zero-order valence-corrected chi connectivity index (χ0v) is 16.9. The first-order valence-corrected chi connectivity index (χ1v) is 9.71. The molecule has 1 amide bonds. The molecule has 0 saturated carbocycles. The van der Waals surface area contributed by atoms with Gasteiger partial charge in [-0.1, -0.05) is 0 Å². The number of carbonyl (C=O) groups is 1. The van der Waals surface area contributed by atoms with E-state index in [0.29, 0.717) is 37.0 Å². The van der Waals surface area contributed by atoms with Crippen LogP contribution in [0.3, 0.4) is 0 Å². The van der Waals surface area contributed by atoms with E-state index >= 15 is 0 Å². The van der Waals surface area contributed by atoms with E-state index in [1.807, 2.05) is 25.1 Å². The molecule has 3 aromatic rings. The molecular weight excluding hydrogens is 387 g/mol. The van der Waals surface area contributed by atoms with Crippen LogP contribution >= 0.6 is 0 Å². The molecule has 0 aliphatic carbocycles. The van der Waals surface area contributed by atoms with Crippen LogP contribution in [-0.2, 0) is 6.61 Å². The molecule has 1 aliphatic heterocycles. The highest BCUT2D eigenvalue weighted by Crippen LogP contribution is 2.27. The van der Waals surface area contributed by atoms with Gasteiger partial charge in [-0.15, -0.1) is 0 Å². The molecule has 8 nitrogen and oxygen atoms in total. The minimum absolute atomic E-state index is 0.0711. The number of aromatic amines is 1. The Labute approximate surface area is 173 Å². The number of likely N-dealkylation sites (tertiary alicyclic amines) is 1. The highest BCUT2D eigenvalue weighted by Gasteiger charge is 2.29. The zero-order valence-electron chi connectivity index (χ0n) is 16.9. The fourth-order valence-corrected chi connectivity index (χ4v) is 3.39. The van der Waals surface area contributed by atoms with Crippen molar-refractivity contribution in [1.29, 1.82) is 0 Å². The predicted molar refractivity (Wildman–Crippen MR) is 109 cm³/mol. The van der Waals surface area contributed by atoms with E-state index in [-0.39, 0.29) is 17.6 Å². The first kappa shape index (κ1) is 19.8. The average molecular weight is 410 g/mol. The van der Waals surface area contributed by atoms with Gasteiger partial charge in [-0.05, 0) is 36.8 Å². The van der Waals surface area contributed by atoms with Gasteiger partial charge in [-0.25, -0.2) is 14.4 Å². The molecular formula is C21H23FN6O2. The summed E-state index contributed by atoms with van der Waals surface area (Å²) < 4.78 is 18.6. The van der Waals surface area contributed by atoms with E-state index in [0.717, 1.165) is 17.8 Å². The Kier molecular flexibility index (Phi) is 5.60. The molecule has 1 aliphatic rings. The second-order valence-electron chi connectivity index (χ2n) is 7.46. The van der Waals surface area contributed by atoms with Crippen LogP contribution in [0.2, 0.25) is 0 Å². The van der Waals surface area contributed by atoms with Gasteiger partial charge in [0.15, 0.2) is 0 Å². The van der Waals surface area contributed by atoms with E-state index in [9.17, 15) is 9.18 Å². The van der Waals surface area contributed by atoms with Gasteiger partial charge < -0.3 is 14.5 Å².